The molecular formula is C7H17Cl2Si2Zr. The fourth-order valence-corrected chi connectivity index (χ4v) is 123. The quantitative estimate of drug-likeness (QED) is 0.644. The molecular weight excluding hydrogens is 302 g/mol. The standard InChI is InChI=1S/C5H5.2CH3.2ClH.H4Si2.Zr/c1-2-4-5-3-1;;;;;1-2;/h1-3H,4H2;2*1H3;2*1H;1-2H2;. The molecule has 0 atom stereocenters. The monoisotopic (exact) mass is 317 g/mol. The Balaban J connectivity index is 0.000000605. The second-order valence-electron chi connectivity index (χ2n) is 4.84. The molecule has 1 aliphatic heterocycles. The molecule has 0 aromatic rings. The van der Waals surface area contributed by atoms with Crippen LogP contribution >= 0.6 is 24.8 Å². The molecule has 0 N–H and O–H groups in total. The first-order valence-corrected chi connectivity index (χ1v) is 26.2. The van der Waals surface area contributed by atoms with E-state index >= 15 is 0 Å². The Morgan fingerprint density at radius 1 is 1.25 bits per heavy atom. The van der Waals surface area contributed by atoms with E-state index in [1.54, 1.807) is 0 Å². The third-order valence-electron chi connectivity index (χ3n) is 3.37. The predicted octanol–water partition coefficient (Wildman–Crippen LogP) is 1.56. The molecule has 1 saturated heterocycles. The fourth-order valence-electron chi connectivity index (χ4n) is 1.71. The second kappa shape index (κ2) is 3.86. The Kier molecular flexibility index (Phi) is 4.30. The van der Waals surface area contributed by atoms with Crippen LogP contribution in [-0.2, 0) is 17.1 Å². The van der Waals surface area contributed by atoms with Crippen molar-refractivity contribution in [2.75, 3.05) is 0 Å². The van der Waals surface area contributed by atoms with Crippen LogP contribution in [0, 0.1) is 0 Å². The summed E-state index contributed by atoms with van der Waals surface area (Å²) in [5, 5.41) is 0. The number of rotatable bonds is 1. The van der Waals surface area contributed by atoms with E-state index in [-0.39, 0.29) is 24.8 Å². The van der Waals surface area contributed by atoms with Gasteiger partial charge in [0.2, 0.25) is 0 Å². The van der Waals surface area contributed by atoms with Gasteiger partial charge >= 0.3 is 66.6 Å². The topological polar surface area (TPSA) is 0 Å². The summed E-state index contributed by atoms with van der Waals surface area (Å²) in [6.07, 6.45) is 9.65. The predicted molar refractivity (Wildman–Crippen MR) is 65.2 cm³/mol. The van der Waals surface area contributed by atoms with E-state index in [4.69, 9.17) is 0 Å². The first kappa shape index (κ1) is 13.4. The third-order valence-corrected chi connectivity index (χ3v) is 93.4. The van der Waals surface area contributed by atoms with Gasteiger partial charge in [-0.3, -0.25) is 0 Å². The van der Waals surface area contributed by atoms with Crippen molar-refractivity contribution in [1.82, 2.24) is 0 Å². The summed E-state index contributed by atoms with van der Waals surface area (Å²) in [6.45, 7) is 0. The van der Waals surface area contributed by atoms with Crippen LogP contribution in [0.15, 0.2) is 21.5 Å². The van der Waals surface area contributed by atoms with Crippen LogP contribution in [0.4, 0.5) is 0 Å². The maximum atomic E-state index is 2.72. The van der Waals surface area contributed by atoms with E-state index in [9.17, 15) is 0 Å². The summed E-state index contributed by atoms with van der Waals surface area (Å²) >= 11 is -1.68. The van der Waals surface area contributed by atoms with E-state index in [0.29, 0.717) is 12.3 Å². The molecule has 0 radical (unpaired) electrons. The van der Waals surface area contributed by atoms with Gasteiger partial charge in [0.25, 0.3) is 0 Å². The van der Waals surface area contributed by atoms with Gasteiger partial charge in [0, 0.05) is 0 Å². The minimum absolute atomic E-state index is 0. The van der Waals surface area contributed by atoms with Crippen LogP contribution in [0.25, 0.3) is 0 Å². The molecule has 0 saturated carbocycles. The van der Waals surface area contributed by atoms with Gasteiger partial charge in [-0.2, -0.15) is 0 Å². The summed E-state index contributed by atoms with van der Waals surface area (Å²) in [4.78, 5) is 0. The summed E-state index contributed by atoms with van der Waals surface area (Å²) in [5.74, 6) is 0. The van der Waals surface area contributed by atoms with Crippen molar-refractivity contribution in [2.45, 2.75) is 15.7 Å². The van der Waals surface area contributed by atoms with Gasteiger partial charge in [-0.05, 0) is 0 Å². The van der Waals surface area contributed by atoms with Crippen molar-refractivity contribution < 1.29 is 17.1 Å². The summed E-state index contributed by atoms with van der Waals surface area (Å²) < 4.78 is 7.41. The van der Waals surface area contributed by atoms with Gasteiger partial charge < -0.3 is 0 Å². The zero-order chi connectivity index (χ0) is 7.27. The van der Waals surface area contributed by atoms with Crippen LogP contribution in [0.1, 0.15) is 6.42 Å². The summed E-state index contributed by atoms with van der Waals surface area (Å²) in [6, 6.07) is 0. The van der Waals surface area contributed by atoms with Gasteiger partial charge in [-0.15, -0.1) is 24.8 Å². The Labute approximate surface area is 90.6 Å². The SMILES string of the molecule is Cl.Cl.[CH3][Zr]1([CH3])([C]2=CC=CC2)[SiH2][SiH2]1. The van der Waals surface area contributed by atoms with Gasteiger partial charge in [0.15, 0.2) is 0 Å². The van der Waals surface area contributed by atoms with Crippen LogP contribution in [-0.4, -0.2) is 12.3 Å². The average Bonchev–Trinajstić information content (AvgIpc) is 2.35. The molecule has 1 aliphatic carbocycles. The van der Waals surface area contributed by atoms with E-state index in [0.717, 1.165) is 0 Å². The van der Waals surface area contributed by atoms with Crippen molar-refractivity contribution >= 4 is 37.1 Å². The molecule has 2 aliphatic rings. The first-order valence-electron chi connectivity index (χ1n) is 4.17. The van der Waals surface area contributed by atoms with Gasteiger partial charge in [0.1, 0.15) is 0 Å². The number of hydrogen-bond acceptors (Lipinski definition) is 0. The Morgan fingerprint density at radius 2 is 1.83 bits per heavy atom. The molecule has 1 fully saturated rings. The van der Waals surface area contributed by atoms with Crippen molar-refractivity contribution in [3.05, 3.63) is 21.5 Å². The normalized spacial score (nSPS) is 34.2. The summed E-state index contributed by atoms with van der Waals surface area (Å²) in [5.41, 5.74) is 0. The Morgan fingerprint density at radius 3 is 2.17 bits per heavy atom. The Hall–Kier alpha value is 1.38. The number of halogens is 2. The molecule has 0 aromatic carbocycles. The Bertz CT molecular complexity index is 240. The zero-order valence-corrected chi connectivity index (χ0v) is 14.6. The van der Waals surface area contributed by atoms with Crippen molar-refractivity contribution in [3.63, 3.8) is 0 Å². The average molecular weight is 320 g/mol. The molecule has 71 valence electrons. The van der Waals surface area contributed by atoms with E-state index in [2.05, 4.69) is 27.5 Å². The van der Waals surface area contributed by atoms with Crippen molar-refractivity contribution in [3.8, 4) is 0 Å². The molecule has 5 heteroatoms. The van der Waals surface area contributed by atoms with E-state index in [1.807, 2.05) is 3.28 Å². The molecule has 12 heavy (non-hydrogen) atoms. The minimum atomic E-state index is -1.68. The van der Waals surface area contributed by atoms with Gasteiger partial charge in [-0.25, -0.2) is 0 Å². The van der Waals surface area contributed by atoms with Crippen molar-refractivity contribution in [1.29, 1.82) is 0 Å². The van der Waals surface area contributed by atoms with Crippen LogP contribution in [0.2, 0.25) is 9.26 Å². The van der Waals surface area contributed by atoms with E-state index in [1.165, 1.54) is 6.42 Å². The first-order chi connectivity index (χ1) is 4.60. The van der Waals surface area contributed by atoms with E-state index < -0.39 is 17.1 Å². The third kappa shape index (κ3) is 2.24. The molecule has 2 rings (SSSR count). The zero-order valence-electron chi connectivity index (χ0n) is 7.67. The molecule has 1 heterocycles. The number of allylic oxidation sites excluding steroid dienone is 4. The molecule has 0 unspecified atom stereocenters. The molecule has 0 spiro atoms. The van der Waals surface area contributed by atoms with Crippen LogP contribution in [0.5, 0.6) is 0 Å². The molecule has 0 bridgehead atoms. The van der Waals surface area contributed by atoms with Gasteiger partial charge in [0.05, 0.1) is 0 Å². The number of hydrogen-bond donors (Lipinski definition) is 0. The molecule has 0 amide bonds. The van der Waals surface area contributed by atoms with Crippen molar-refractivity contribution in [2.24, 2.45) is 0 Å². The van der Waals surface area contributed by atoms with Crippen LogP contribution in [0.3, 0.4) is 0 Å². The molecule has 0 aromatic heterocycles. The second-order valence-corrected chi connectivity index (χ2v) is 80.1. The van der Waals surface area contributed by atoms with Crippen LogP contribution < -0.4 is 0 Å². The van der Waals surface area contributed by atoms with Gasteiger partial charge in [-0.1, -0.05) is 0 Å². The maximum absolute atomic E-state index is 2.72. The molecule has 0 nitrogen and oxygen atoms in total. The summed E-state index contributed by atoms with van der Waals surface area (Å²) in [7, 11) is 0. The fraction of sp³-hybridized carbons (Fsp3) is 0.429.